The number of hydrogen-bond acceptors (Lipinski definition) is 5. The second-order valence-corrected chi connectivity index (χ2v) is 7.99. The van der Waals surface area contributed by atoms with Gasteiger partial charge in [-0.1, -0.05) is 56.3 Å². The number of rotatable bonds is 6. The molecule has 0 aliphatic heterocycles. The number of aryl methyl sites for hydroxylation is 1. The monoisotopic (exact) mass is 406 g/mol. The van der Waals surface area contributed by atoms with Crippen molar-refractivity contribution in [1.29, 1.82) is 0 Å². The highest BCUT2D eigenvalue weighted by Gasteiger charge is 2.15. The minimum Gasteiger partial charge on any atom is -0.483 e. The quantitative estimate of drug-likeness (QED) is 0.494. The lowest BCUT2D eigenvalue weighted by Gasteiger charge is -2.14. The molecule has 2 aromatic heterocycles. The van der Waals surface area contributed by atoms with Crippen LogP contribution in [0.3, 0.4) is 0 Å². The fourth-order valence-corrected chi connectivity index (χ4v) is 3.92. The number of carbonyl (C=O) groups is 1. The maximum atomic E-state index is 12.4. The minimum absolute atomic E-state index is 0.0957. The molecule has 0 fully saturated rings. The highest BCUT2D eigenvalue weighted by atomic mass is 32.1. The summed E-state index contributed by atoms with van der Waals surface area (Å²) in [5.74, 6) is 1.03. The molecule has 6 nitrogen and oxygen atoms in total. The lowest BCUT2D eigenvalue weighted by Crippen LogP contribution is -2.21. The van der Waals surface area contributed by atoms with Crippen LogP contribution in [-0.4, -0.2) is 27.1 Å². The van der Waals surface area contributed by atoms with Crippen LogP contribution in [0.25, 0.3) is 16.2 Å². The van der Waals surface area contributed by atoms with E-state index in [2.05, 4.69) is 29.2 Å². The van der Waals surface area contributed by atoms with Gasteiger partial charge in [0.25, 0.3) is 11.9 Å². The standard InChI is InChI=1S/C22H22N4O2S/c1-14(2)17-10-9-15(3)11-19(17)28-12-20(27)23-21-24-22-26(25-21)18(13-29-22)16-7-5-4-6-8-16/h4-11,13-14H,12H2,1-3H3,(H,23,25,27). The molecule has 1 N–H and O–H groups in total. The van der Waals surface area contributed by atoms with Crippen LogP contribution in [0.4, 0.5) is 5.95 Å². The average Bonchev–Trinajstić information content (AvgIpc) is 3.27. The zero-order chi connectivity index (χ0) is 20.4. The highest BCUT2D eigenvalue weighted by molar-refractivity contribution is 7.15. The van der Waals surface area contributed by atoms with Gasteiger partial charge in [-0.05, 0) is 30.0 Å². The zero-order valence-corrected chi connectivity index (χ0v) is 17.4. The SMILES string of the molecule is Cc1ccc(C(C)C)c(OCC(=O)Nc2nc3scc(-c4ccccc4)n3n2)c1. The van der Waals surface area contributed by atoms with Crippen LogP contribution < -0.4 is 10.1 Å². The Morgan fingerprint density at radius 1 is 1.21 bits per heavy atom. The lowest BCUT2D eigenvalue weighted by atomic mass is 10.0. The number of amides is 1. The average molecular weight is 407 g/mol. The zero-order valence-electron chi connectivity index (χ0n) is 16.5. The van der Waals surface area contributed by atoms with Crippen molar-refractivity contribution in [1.82, 2.24) is 14.6 Å². The maximum Gasteiger partial charge on any atom is 0.264 e. The molecule has 4 aromatic rings. The van der Waals surface area contributed by atoms with Crippen molar-refractivity contribution in [2.24, 2.45) is 0 Å². The van der Waals surface area contributed by atoms with Gasteiger partial charge < -0.3 is 4.74 Å². The number of carbonyl (C=O) groups excluding carboxylic acids is 1. The number of ether oxygens (including phenoxy) is 1. The number of nitrogens with zero attached hydrogens (tertiary/aromatic N) is 3. The predicted octanol–water partition coefficient (Wildman–Crippen LogP) is 4.91. The molecule has 29 heavy (non-hydrogen) atoms. The number of hydrogen-bond donors (Lipinski definition) is 1. The number of thiazole rings is 1. The summed E-state index contributed by atoms with van der Waals surface area (Å²) in [6.45, 7) is 6.11. The molecule has 0 bridgehead atoms. The third-order valence-electron chi connectivity index (χ3n) is 4.55. The van der Waals surface area contributed by atoms with Crippen LogP contribution in [0, 0.1) is 6.92 Å². The molecule has 1 amide bonds. The van der Waals surface area contributed by atoms with E-state index in [1.54, 1.807) is 4.52 Å². The Labute approximate surface area is 173 Å². The molecular formula is C22H22N4O2S. The number of aromatic nitrogens is 3. The van der Waals surface area contributed by atoms with E-state index in [9.17, 15) is 4.79 Å². The summed E-state index contributed by atoms with van der Waals surface area (Å²) in [7, 11) is 0. The fourth-order valence-electron chi connectivity index (χ4n) is 3.09. The Hall–Kier alpha value is -3.19. The summed E-state index contributed by atoms with van der Waals surface area (Å²) in [6, 6.07) is 16.0. The van der Waals surface area contributed by atoms with Crippen LogP contribution in [0.5, 0.6) is 5.75 Å². The molecule has 0 saturated heterocycles. The number of fused-ring (bicyclic) bond motifs is 1. The maximum absolute atomic E-state index is 12.4. The summed E-state index contributed by atoms with van der Waals surface area (Å²) in [6.07, 6.45) is 0. The van der Waals surface area contributed by atoms with Crippen LogP contribution >= 0.6 is 11.3 Å². The number of anilines is 1. The van der Waals surface area contributed by atoms with Crippen molar-refractivity contribution >= 4 is 28.2 Å². The molecule has 148 valence electrons. The Balaban J connectivity index is 1.46. The van der Waals surface area contributed by atoms with Crippen molar-refractivity contribution in [3.63, 3.8) is 0 Å². The highest BCUT2D eigenvalue weighted by Crippen LogP contribution is 2.28. The molecule has 0 atom stereocenters. The molecule has 0 unspecified atom stereocenters. The Kier molecular flexibility index (Phi) is 5.31. The molecule has 2 aromatic carbocycles. The van der Waals surface area contributed by atoms with Gasteiger partial charge in [-0.2, -0.15) is 4.98 Å². The third-order valence-corrected chi connectivity index (χ3v) is 5.37. The third kappa shape index (κ3) is 4.14. The van der Waals surface area contributed by atoms with E-state index < -0.39 is 0 Å². The second kappa shape index (κ2) is 8.05. The first-order valence-corrected chi connectivity index (χ1v) is 10.3. The molecule has 0 saturated carbocycles. The number of benzene rings is 2. The molecule has 4 rings (SSSR count). The molecule has 2 heterocycles. The molecule has 7 heteroatoms. The van der Waals surface area contributed by atoms with E-state index >= 15 is 0 Å². The normalized spacial score (nSPS) is 11.2. The summed E-state index contributed by atoms with van der Waals surface area (Å²) in [5, 5.41) is 9.17. The Morgan fingerprint density at radius 2 is 2.00 bits per heavy atom. The molecular weight excluding hydrogens is 384 g/mol. The summed E-state index contributed by atoms with van der Waals surface area (Å²) in [5.41, 5.74) is 4.16. The van der Waals surface area contributed by atoms with Gasteiger partial charge in [-0.15, -0.1) is 16.4 Å². The van der Waals surface area contributed by atoms with Gasteiger partial charge in [0.05, 0.1) is 5.69 Å². The van der Waals surface area contributed by atoms with E-state index in [-0.39, 0.29) is 18.5 Å². The van der Waals surface area contributed by atoms with E-state index in [1.165, 1.54) is 11.3 Å². The van der Waals surface area contributed by atoms with Gasteiger partial charge >= 0.3 is 0 Å². The smallest absolute Gasteiger partial charge is 0.264 e. The van der Waals surface area contributed by atoms with Gasteiger partial charge in [-0.3, -0.25) is 10.1 Å². The summed E-state index contributed by atoms with van der Waals surface area (Å²) in [4.78, 5) is 17.5. The van der Waals surface area contributed by atoms with E-state index in [0.29, 0.717) is 5.92 Å². The molecule has 0 radical (unpaired) electrons. The topological polar surface area (TPSA) is 68.5 Å². The predicted molar refractivity (Wildman–Crippen MR) is 116 cm³/mol. The van der Waals surface area contributed by atoms with E-state index in [0.717, 1.165) is 33.1 Å². The molecule has 0 aliphatic rings. The second-order valence-electron chi connectivity index (χ2n) is 7.15. The fraction of sp³-hybridized carbons (Fsp3) is 0.227. The van der Waals surface area contributed by atoms with Gasteiger partial charge in [0.1, 0.15) is 5.75 Å². The van der Waals surface area contributed by atoms with Crippen LogP contribution in [0.15, 0.2) is 53.9 Å². The van der Waals surface area contributed by atoms with Crippen molar-refractivity contribution < 1.29 is 9.53 Å². The van der Waals surface area contributed by atoms with Crippen molar-refractivity contribution in [2.75, 3.05) is 11.9 Å². The van der Waals surface area contributed by atoms with Crippen molar-refractivity contribution in [3.8, 4) is 17.0 Å². The summed E-state index contributed by atoms with van der Waals surface area (Å²) < 4.78 is 7.53. The van der Waals surface area contributed by atoms with Crippen LogP contribution in [0.2, 0.25) is 0 Å². The number of nitrogens with one attached hydrogen (secondary N) is 1. The van der Waals surface area contributed by atoms with Crippen molar-refractivity contribution in [3.05, 3.63) is 65.0 Å². The van der Waals surface area contributed by atoms with Gasteiger partial charge in [0, 0.05) is 10.9 Å². The first-order valence-electron chi connectivity index (χ1n) is 9.44. The van der Waals surface area contributed by atoms with Gasteiger partial charge in [0.2, 0.25) is 4.96 Å². The Morgan fingerprint density at radius 3 is 2.76 bits per heavy atom. The van der Waals surface area contributed by atoms with Crippen molar-refractivity contribution in [2.45, 2.75) is 26.7 Å². The van der Waals surface area contributed by atoms with Crippen LogP contribution in [-0.2, 0) is 4.79 Å². The lowest BCUT2D eigenvalue weighted by molar-refractivity contribution is -0.118. The van der Waals surface area contributed by atoms with E-state index in [1.807, 2.05) is 60.8 Å². The first-order chi connectivity index (χ1) is 14.0. The van der Waals surface area contributed by atoms with E-state index in [4.69, 9.17) is 4.74 Å². The Bertz CT molecular complexity index is 1150. The molecule has 0 spiro atoms. The minimum atomic E-state index is -0.291. The molecule has 0 aliphatic carbocycles. The summed E-state index contributed by atoms with van der Waals surface area (Å²) >= 11 is 1.48. The van der Waals surface area contributed by atoms with Gasteiger partial charge in [-0.25, -0.2) is 4.52 Å². The van der Waals surface area contributed by atoms with Crippen LogP contribution in [0.1, 0.15) is 30.9 Å². The van der Waals surface area contributed by atoms with Gasteiger partial charge in [0.15, 0.2) is 6.61 Å². The first kappa shape index (κ1) is 19.1. The largest absolute Gasteiger partial charge is 0.483 e.